The maximum atomic E-state index is 13.3. The molecule has 1 aromatic heterocycles. The van der Waals surface area contributed by atoms with Gasteiger partial charge in [0.15, 0.2) is 5.82 Å². The molecule has 0 fully saturated rings. The van der Waals surface area contributed by atoms with Crippen LogP contribution in [-0.2, 0) is 10.9 Å². The van der Waals surface area contributed by atoms with Gasteiger partial charge in [-0.1, -0.05) is 18.2 Å². The van der Waals surface area contributed by atoms with Gasteiger partial charge in [-0.15, -0.1) is 5.10 Å². The molecule has 4 rings (SSSR count). The van der Waals surface area contributed by atoms with Gasteiger partial charge in [0.1, 0.15) is 12.4 Å². The molecular formula is C26H22F4N4O3. The highest BCUT2D eigenvalue weighted by molar-refractivity contribution is 6.04. The fourth-order valence-electron chi connectivity index (χ4n) is 3.41. The van der Waals surface area contributed by atoms with Gasteiger partial charge in [0.05, 0.1) is 17.9 Å². The lowest BCUT2D eigenvalue weighted by molar-refractivity contribution is -0.137. The molecular weight excluding hydrogens is 492 g/mol. The molecule has 1 amide bonds. The Hall–Kier alpha value is -4.25. The Morgan fingerprint density at radius 2 is 1.76 bits per heavy atom. The number of rotatable bonds is 9. The number of hydrogen-bond donors (Lipinski definition) is 1. The van der Waals surface area contributed by atoms with E-state index < -0.39 is 23.5 Å². The lowest BCUT2D eigenvalue weighted by atomic mass is 10.1. The minimum atomic E-state index is -4.54. The number of nitrogens with zero attached hydrogens (tertiary/aromatic N) is 3. The second kappa shape index (κ2) is 11.2. The van der Waals surface area contributed by atoms with Crippen molar-refractivity contribution in [3.05, 3.63) is 89.7 Å². The quantitative estimate of drug-likeness (QED) is 0.227. The highest BCUT2D eigenvalue weighted by Crippen LogP contribution is 2.33. The highest BCUT2D eigenvalue weighted by Gasteiger charge is 2.31. The van der Waals surface area contributed by atoms with Crippen molar-refractivity contribution in [1.29, 1.82) is 0 Å². The normalized spacial score (nSPS) is 11.4. The van der Waals surface area contributed by atoms with Crippen molar-refractivity contribution >= 4 is 11.6 Å². The standard InChI is InChI=1S/C26H22F4N4O3/c1-2-36-13-14-37-25-32-23(18-5-3-6-19(15-18)26(28,29)30)34(33-25)22-8-4-7-21(16-22)31-24(35)17-9-11-20(27)12-10-17/h3-12,15-16H,2,13-14H2,1H3,(H,31,35). The van der Waals surface area contributed by atoms with Crippen LogP contribution < -0.4 is 10.1 Å². The Kier molecular flexibility index (Phi) is 7.83. The molecule has 1 heterocycles. The second-order valence-electron chi connectivity index (χ2n) is 7.77. The van der Waals surface area contributed by atoms with Gasteiger partial charge in [-0.05, 0) is 61.5 Å². The van der Waals surface area contributed by atoms with E-state index in [1.54, 1.807) is 24.3 Å². The van der Waals surface area contributed by atoms with Crippen molar-refractivity contribution in [3.8, 4) is 23.1 Å². The number of ether oxygens (including phenoxy) is 2. The number of amides is 1. The van der Waals surface area contributed by atoms with E-state index in [9.17, 15) is 22.4 Å². The predicted octanol–water partition coefficient (Wildman–Crippen LogP) is 5.76. The van der Waals surface area contributed by atoms with Gasteiger partial charge in [0.2, 0.25) is 0 Å². The third-order valence-electron chi connectivity index (χ3n) is 5.15. The van der Waals surface area contributed by atoms with Crippen LogP contribution in [0.1, 0.15) is 22.8 Å². The van der Waals surface area contributed by atoms with Gasteiger partial charge in [-0.25, -0.2) is 9.07 Å². The van der Waals surface area contributed by atoms with E-state index in [1.807, 2.05) is 6.92 Å². The Labute approximate surface area is 209 Å². The van der Waals surface area contributed by atoms with Gasteiger partial charge in [0.25, 0.3) is 5.91 Å². The number of benzene rings is 3. The summed E-state index contributed by atoms with van der Waals surface area (Å²) < 4.78 is 65.3. The summed E-state index contributed by atoms with van der Waals surface area (Å²) in [5.41, 5.74) is 0.385. The predicted molar refractivity (Wildman–Crippen MR) is 128 cm³/mol. The van der Waals surface area contributed by atoms with Crippen molar-refractivity contribution in [1.82, 2.24) is 14.8 Å². The van der Waals surface area contributed by atoms with Crippen molar-refractivity contribution in [2.24, 2.45) is 0 Å². The van der Waals surface area contributed by atoms with Crippen LogP contribution in [0.5, 0.6) is 6.01 Å². The molecule has 0 saturated heterocycles. The lowest BCUT2D eigenvalue weighted by Gasteiger charge is -2.11. The third kappa shape index (κ3) is 6.50. The SMILES string of the molecule is CCOCCOc1nc(-c2cccc(C(F)(F)F)c2)n(-c2cccc(NC(=O)c3ccc(F)cc3)c2)n1. The lowest BCUT2D eigenvalue weighted by Crippen LogP contribution is -2.12. The molecule has 0 saturated carbocycles. The molecule has 0 radical (unpaired) electrons. The largest absolute Gasteiger partial charge is 0.460 e. The maximum absolute atomic E-state index is 13.3. The van der Waals surface area contributed by atoms with E-state index in [2.05, 4.69) is 15.4 Å². The van der Waals surface area contributed by atoms with Gasteiger partial charge in [0, 0.05) is 23.4 Å². The van der Waals surface area contributed by atoms with Gasteiger partial charge in [-0.3, -0.25) is 4.79 Å². The molecule has 0 spiro atoms. The molecule has 1 N–H and O–H groups in total. The smallest absolute Gasteiger partial charge is 0.416 e. The molecule has 37 heavy (non-hydrogen) atoms. The highest BCUT2D eigenvalue weighted by atomic mass is 19.4. The summed E-state index contributed by atoms with van der Waals surface area (Å²) in [6.45, 7) is 2.76. The molecule has 0 bridgehead atoms. The summed E-state index contributed by atoms with van der Waals surface area (Å²) >= 11 is 0. The average molecular weight is 514 g/mol. The van der Waals surface area contributed by atoms with E-state index in [1.165, 1.54) is 41.1 Å². The van der Waals surface area contributed by atoms with Crippen LogP contribution in [0.3, 0.4) is 0 Å². The number of anilines is 1. The van der Waals surface area contributed by atoms with E-state index in [0.29, 0.717) is 18.0 Å². The van der Waals surface area contributed by atoms with Gasteiger partial charge in [-0.2, -0.15) is 18.2 Å². The summed E-state index contributed by atoms with van der Waals surface area (Å²) in [5.74, 6) is -0.820. The van der Waals surface area contributed by atoms with Gasteiger partial charge >= 0.3 is 12.2 Å². The molecule has 0 aliphatic carbocycles. The average Bonchev–Trinajstić information content (AvgIpc) is 3.31. The number of nitrogens with one attached hydrogen (secondary N) is 1. The fourth-order valence-corrected chi connectivity index (χ4v) is 3.41. The topological polar surface area (TPSA) is 78.3 Å². The minimum Gasteiger partial charge on any atom is -0.460 e. The van der Waals surface area contributed by atoms with Crippen molar-refractivity contribution in [2.75, 3.05) is 25.1 Å². The summed E-state index contributed by atoms with van der Waals surface area (Å²) in [4.78, 5) is 16.9. The monoisotopic (exact) mass is 514 g/mol. The minimum absolute atomic E-state index is 0.0483. The van der Waals surface area contributed by atoms with E-state index >= 15 is 0 Å². The summed E-state index contributed by atoms with van der Waals surface area (Å²) in [7, 11) is 0. The number of hydrogen-bond acceptors (Lipinski definition) is 5. The van der Waals surface area contributed by atoms with Crippen molar-refractivity contribution in [2.45, 2.75) is 13.1 Å². The third-order valence-corrected chi connectivity index (χ3v) is 5.15. The number of carbonyl (C=O) groups is 1. The Balaban J connectivity index is 1.68. The molecule has 0 unspecified atom stereocenters. The molecule has 11 heteroatoms. The summed E-state index contributed by atoms with van der Waals surface area (Å²) in [5, 5.41) is 7.04. The number of aromatic nitrogens is 3. The molecule has 192 valence electrons. The van der Waals surface area contributed by atoms with Crippen LogP contribution in [-0.4, -0.2) is 40.5 Å². The maximum Gasteiger partial charge on any atom is 0.416 e. The summed E-state index contributed by atoms with van der Waals surface area (Å²) in [6, 6.07) is 16.2. The first kappa shape index (κ1) is 25.8. The van der Waals surface area contributed by atoms with E-state index in [0.717, 1.165) is 12.1 Å². The first-order valence-electron chi connectivity index (χ1n) is 11.3. The van der Waals surface area contributed by atoms with E-state index in [4.69, 9.17) is 9.47 Å². The van der Waals surface area contributed by atoms with Crippen LogP contribution in [0.4, 0.5) is 23.2 Å². The van der Waals surface area contributed by atoms with Crippen LogP contribution >= 0.6 is 0 Å². The number of alkyl halides is 3. The fraction of sp³-hybridized carbons (Fsp3) is 0.192. The second-order valence-corrected chi connectivity index (χ2v) is 7.77. The summed E-state index contributed by atoms with van der Waals surface area (Å²) in [6.07, 6.45) is -4.54. The van der Waals surface area contributed by atoms with Crippen molar-refractivity contribution < 1.29 is 31.8 Å². The molecule has 3 aromatic carbocycles. The van der Waals surface area contributed by atoms with Crippen LogP contribution in [0.2, 0.25) is 0 Å². The van der Waals surface area contributed by atoms with Crippen LogP contribution in [0.15, 0.2) is 72.8 Å². The molecule has 7 nitrogen and oxygen atoms in total. The molecule has 0 aliphatic heterocycles. The molecule has 0 aliphatic rings. The Morgan fingerprint density at radius 1 is 1.00 bits per heavy atom. The Bertz CT molecular complexity index is 1370. The van der Waals surface area contributed by atoms with Crippen LogP contribution in [0.25, 0.3) is 17.1 Å². The van der Waals surface area contributed by atoms with Crippen molar-refractivity contribution in [3.63, 3.8) is 0 Å². The molecule has 4 aromatic rings. The zero-order valence-corrected chi connectivity index (χ0v) is 19.6. The van der Waals surface area contributed by atoms with Crippen LogP contribution in [0, 0.1) is 5.82 Å². The molecule has 0 atom stereocenters. The Morgan fingerprint density at radius 3 is 2.49 bits per heavy atom. The number of carbonyl (C=O) groups excluding carboxylic acids is 1. The number of halogens is 4. The zero-order valence-electron chi connectivity index (χ0n) is 19.6. The van der Waals surface area contributed by atoms with Gasteiger partial charge < -0.3 is 14.8 Å². The first-order valence-corrected chi connectivity index (χ1v) is 11.3. The first-order chi connectivity index (χ1) is 17.7. The zero-order chi connectivity index (χ0) is 26.4. The van der Waals surface area contributed by atoms with E-state index in [-0.39, 0.29) is 36.2 Å².